The Hall–Kier alpha value is -0.900. The van der Waals surface area contributed by atoms with Gasteiger partial charge in [-0.05, 0) is 25.7 Å². The summed E-state index contributed by atoms with van der Waals surface area (Å²) in [5, 5.41) is 1.72. The highest BCUT2D eigenvalue weighted by molar-refractivity contribution is 5.88. The van der Waals surface area contributed by atoms with Crippen LogP contribution in [0.5, 0.6) is 0 Å². The zero-order chi connectivity index (χ0) is 15.6. The first-order valence-corrected chi connectivity index (χ1v) is 9.37. The molecule has 4 heteroatoms. The predicted octanol–water partition coefficient (Wildman–Crippen LogP) is 3.75. The van der Waals surface area contributed by atoms with Crippen molar-refractivity contribution >= 4 is 11.7 Å². The van der Waals surface area contributed by atoms with E-state index in [-0.39, 0.29) is 17.7 Å². The molecule has 4 nitrogen and oxygen atoms in total. The molecule has 1 amide bonds. The van der Waals surface area contributed by atoms with Gasteiger partial charge in [0.15, 0.2) is 5.78 Å². The maximum Gasteiger partial charge on any atom is 0.237 e. The van der Waals surface area contributed by atoms with Crippen LogP contribution in [-0.2, 0) is 9.59 Å². The van der Waals surface area contributed by atoms with Crippen molar-refractivity contribution in [2.75, 3.05) is 6.54 Å². The lowest BCUT2D eigenvalue weighted by atomic mass is 9.95. The summed E-state index contributed by atoms with van der Waals surface area (Å²) in [7, 11) is 0. The highest BCUT2D eigenvalue weighted by atomic mass is 16.2. The van der Waals surface area contributed by atoms with Crippen LogP contribution in [0.4, 0.5) is 0 Å². The Balaban J connectivity index is 2.02. The van der Waals surface area contributed by atoms with Gasteiger partial charge in [0.2, 0.25) is 5.91 Å². The van der Waals surface area contributed by atoms with Gasteiger partial charge < -0.3 is 0 Å². The van der Waals surface area contributed by atoms with Crippen molar-refractivity contribution in [1.29, 1.82) is 0 Å². The molecule has 1 aliphatic heterocycles. The standard InChI is InChI=1S/C18H32N2O2/c21-17-13-9-5-2-1-4-8-12-16(17)20-18(22)14-10-6-3-7-11-15-19-20/h16,19H,1-15H2. The van der Waals surface area contributed by atoms with E-state index in [9.17, 15) is 9.59 Å². The normalized spacial score (nSPS) is 27.5. The second kappa shape index (κ2) is 9.98. The molecular weight excluding hydrogens is 276 g/mol. The van der Waals surface area contributed by atoms with E-state index in [0.717, 1.165) is 51.5 Å². The number of amides is 1. The molecule has 1 aliphatic carbocycles. The lowest BCUT2D eigenvalue weighted by molar-refractivity contribution is -0.144. The number of carbonyl (C=O) groups is 2. The molecule has 0 aromatic rings. The summed E-state index contributed by atoms with van der Waals surface area (Å²) in [4.78, 5) is 25.1. The number of carbonyl (C=O) groups excluding carboxylic acids is 2. The Bertz CT molecular complexity index is 323. The van der Waals surface area contributed by atoms with Gasteiger partial charge in [-0.25, -0.2) is 5.43 Å². The van der Waals surface area contributed by atoms with Crippen molar-refractivity contribution in [1.82, 2.24) is 10.4 Å². The first-order chi connectivity index (χ1) is 10.8. The number of nitrogens with one attached hydrogen (secondary N) is 1. The predicted molar refractivity (Wildman–Crippen MR) is 88.3 cm³/mol. The molecule has 0 aromatic heterocycles. The SMILES string of the molecule is O=C1CCCCCCCCC1N1NCCCCCCCC1=O. The molecule has 1 atom stereocenters. The van der Waals surface area contributed by atoms with Crippen molar-refractivity contribution in [2.45, 2.75) is 95.9 Å². The van der Waals surface area contributed by atoms with E-state index in [2.05, 4.69) is 5.43 Å². The van der Waals surface area contributed by atoms with Crippen LogP contribution in [0.1, 0.15) is 89.9 Å². The largest absolute Gasteiger partial charge is 0.297 e. The fraction of sp³-hybridized carbons (Fsp3) is 0.889. The molecule has 0 spiro atoms. The first kappa shape index (κ1) is 17.5. The highest BCUT2D eigenvalue weighted by Gasteiger charge is 2.29. The average Bonchev–Trinajstić information content (AvgIpc) is 2.53. The number of ketones is 1. The van der Waals surface area contributed by atoms with Gasteiger partial charge in [-0.1, -0.05) is 51.4 Å². The smallest absolute Gasteiger partial charge is 0.237 e. The summed E-state index contributed by atoms with van der Waals surface area (Å²) >= 11 is 0. The molecule has 126 valence electrons. The fourth-order valence-corrected chi connectivity index (χ4v) is 3.57. The van der Waals surface area contributed by atoms with Crippen molar-refractivity contribution < 1.29 is 9.59 Å². The van der Waals surface area contributed by atoms with Crippen LogP contribution >= 0.6 is 0 Å². The van der Waals surface area contributed by atoms with Crippen LogP contribution in [0.3, 0.4) is 0 Å². The quantitative estimate of drug-likeness (QED) is 0.802. The number of Topliss-reactive ketones (excluding diaryl/α,β-unsaturated/α-hetero) is 1. The Morgan fingerprint density at radius 1 is 0.727 bits per heavy atom. The van der Waals surface area contributed by atoms with Gasteiger partial charge in [0.25, 0.3) is 0 Å². The van der Waals surface area contributed by atoms with Gasteiger partial charge in [-0.15, -0.1) is 0 Å². The van der Waals surface area contributed by atoms with E-state index in [4.69, 9.17) is 0 Å². The summed E-state index contributed by atoms with van der Waals surface area (Å²) in [6.07, 6.45) is 14.6. The second-order valence-corrected chi connectivity index (χ2v) is 6.83. The molecule has 0 bridgehead atoms. The minimum Gasteiger partial charge on any atom is -0.297 e. The zero-order valence-electron chi connectivity index (χ0n) is 13.9. The van der Waals surface area contributed by atoms with E-state index < -0.39 is 0 Å². The lowest BCUT2D eigenvalue weighted by Crippen LogP contribution is -2.53. The van der Waals surface area contributed by atoms with Crippen molar-refractivity contribution in [3.8, 4) is 0 Å². The van der Waals surface area contributed by atoms with Gasteiger partial charge >= 0.3 is 0 Å². The Kier molecular flexibility index (Phi) is 7.92. The average molecular weight is 308 g/mol. The van der Waals surface area contributed by atoms with Crippen molar-refractivity contribution in [3.05, 3.63) is 0 Å². The van der Waals surface area contributed by atoms with Crippen molar-refractivity contribution in [3.63, 3.8) is 0 Å². The highest BCUT2D eigenvalue weighted by Crippen LogP contribution is 2.19. The zero-order valence-corrected chi connectivity index (χ0v) is 13.9. The van der Waals surface area contributed by atoms with E-state index >= 15 is 0 Å². The third kappa shape index (κ3) is 5.71. The van der Waals surface area contributed by atoms with E-state index in [1.54, 1.807) is 5.01 Å². The Labute approximate surface area is 135 Å². The molecule has 1 N–H and O–H groups in total. The summed E-state index contributed by atoms with van der Waals surface area (Å²) in [5.74, 6) is 0.386. The van der Waals surface area contributed by atoms with Gasteiger partial charge in [0, 0.05) is 19.4 Å². The molecule has 0 aromatic carbocycles. The Morgan fingerprint density at radius 3 is 2.09 bits per heavy atom. The second-order valence-electron chi connectivity index (χ2n) is 6.83. The number of hydrazine groups is 1. The topological polar surface area (TPSA) is 49.4 Å². The molecule has 2 rings (SSSR count). The van der Waals surface area contributed by atoms with Crippen LogP contribution in [-0.4, -0.2) is 29.3 Å². The number of hydrogen-bond acceptors (Lipinski definition) is 3. The lowest BCUT2D eigenvalue weighted by Gasteiger charge is -2.32. The van der Waals surface area contributed by atoms with Crippen LogP contribution in [0.15, 0.2) is 0 Å². The van der Waals surface area contributed by atoms with Gasteiger partial charge in [-0.3, -0.25) is 14.6 Å². The number of nitrogens with zero attached hydrogens (tertiary/aromatic N) is 1. The molecule has 1 heterocycles. The number of hydrogen-bond donors (Lipinski definition) is 1. The summed E-state index contributed by atoms with van der Waals surface area (Å²) in [6.45, 7) is 0.815. The summed E-state index contributed by atoms with van der Waals surface area (Å²) in [5.41, 5.74) is 3.29. The molecule has 2 aliphatic rings. The fourth-order valence-electron chi connectivity index (χ4n) is 3.57. The third-order valence-corrected chi connectivity index (χ3v) is 4.95. The third-order valence-electron chi connectivity index (χ3n) is 4.95. The molecule has 1 unspecified atom stereocenters. The molecule has 22 heavy (non-hydrogen) atoms. The maximum absolute atomic E-state index is 12.6. The van der Waals surface area contributed by atoms with E-state index in [1.165, 1.54) is 32.1 Å². The van der Waals surface area contributed by atoms with Gasteiger partial charge in [0.05, 0.1) is 0 Å². The summed E-state index contributed by atoms with van der Waals surface area (Å²) in [6, 6.07) is -0.231. The van der Waals surface area contributed by atoms with Crippen LogP contribution < -0.4 is 5.43 Å². The minimum absolute atomic E-state index is 0.123. The number of rotatable bonds is 1. The molecule has 2 fully saturated rings. The minimum atomic E-state index is -0.231. The van der Waals surface area contributed by atoms with Crippen LogP contribution in [0.25, 0.3) is 0 Å². The van der Waals surface area contributed by atoms with Gasteiger partial charge in [0.1, 0.15) is 6.04 Å². The molecule has 1 saturated heterocycles. The maximum atomic E-state index is 12.6. The van der Waals surface area contributed by atoms with E-state index in [0.29, 0.717) is 12.8 Å². The van der Waals surface area contributed by atoms with Crippen LogP contribution in [0, 0.1) is 0 Å². The van der Waals surface area contributed by atoms with Crippen molar-refractivity contribution in [2.24, 2.45) is 0 Å². The molecule has 1 saturated carbocycles. The molecule has 0 radical (unpaired) electrons. The van der Waals surface area contributed by atoms with Crippen LogP contribution in [0.2, 0.25) is 0 Å². The van der Waals surface area contributed by atoms with E-state index in [1.807, 2.05) is 0 Å². The first-order valence-electron chi connectivity index (χ1n) is 9.37. The molecular formula is C18H32N2O2. The monoisotopic (exact) mass is 308 g/mol. The summed E-state index contributed by atoms with van der Waals surface area (Å²) < 4.78 is 0. The Morgan fingerprint density at radius 2 is 1.32 bits per heavy atom. The van der Waals surface area contributed by atoms with Gasteiger partial charge in [-0.2, -0.15) is 0 Å².